The van der Waals surface area contributed by atoms with Crippen LogP contribution in [0.25, 0.3) is 6.08 Å². The normalized spacial score (nSPS) is 12.0. The van der Waals surface area contributed by atoms with Crippen molar-refractivity contribution in [2.75, 3.05) is 6.61 Å². The molecule has 0 spiro atoms. The standard InChI is InChI=1S/C18H17NO4/c1-13(17-15(18(21)22)8-5-11-19-17)12-23-16(20)10-9-14-6-3-2-4-7-14/h2-11,13H,12H2,1H3,(H,21,22). The third kappa shape index (κ3) is 4.78. The molecular formula is C18H17NO4. The zero-order chi connectivity index (χ0) is 16.7. The number of hydrogen-bond donors (Lipinski definition) is 1. The summed E-state index contributed by atoms with van der Waals surface area (Å²) in [5.41, 5.74) is 1.42. The van der Waals surface area contributed by atoms with Crippen LogP contribution in [-0.2, 0) is 9.53 Å². The molecule has 0 fully saturated rings. The van der Waals surface area contributed by atoms with E-state index in [4.69, 9.17) is 9.84 Å². The number of carbonyl (C=O) groups is 2. The van der Waals surface area contributed by atoms with Gasteiger partial charge in [0.25, 0.3) is 0 Å². The SMILES string of the molecule is CC(COC(=O)C=Cc1ccccc1)c1ncccc1C(=O)O. The van der Waals surface area contributed by atoms with Gasteiger partial charge in [-0.25, -0.2) is 9.59 Å². The van der Waals surface area contributed by atoms with Crippen LogP contribution in [0, 0.1) is 0 Å². The third-order valence-electron chi connectivity index (χ3n) is 3.22. The van der Waals surface area contributed by atoms with Gasteiger partial charge in [-0.2, -0.15) is 0 Å². The van der Waals surface area contributed by atoms with Crippen LogP contribution in [0.15, 0.2) is 54.7 Å². The molecule has 5 nitrogen and oxygen atoms in total. The number of carboxylic acid groups (broad SMARTS) is 1. The summed E-state index contributed by atoms with van der Waals surface area (Å²) >= 11 is 0. The molecule has 0 radical (unpaired) electrons. The molecule has 1 N–H and O–H groups in total. The second-order valence-corrected chi connectivity index (χ2v) is 5.02. The summed E-state index contributed by atoms with van der Waals surface area (Å²) in [4.78, 5) is 27.0. The lowest BCUT2D eigenvalue weighted by Gasteiger charge is -2.12. The van der Waals surface area contributed by atoms with Crippen molar-refractivity contribution in [1.29, 1.82) is 0 Å². The van der Waals surface area contributed by atoms with Crippen molar-refractivity contribution >= 4 is 18.0 Å². The Morgan fingerprint density at radius 3 is 2.65 bits per heavy atom. The van der Waals surface area contributed by atoms with Crippen LogP contribution in [0.2, 0.25) is 0 Å². The minimum absolute atomic E-state index is 0.0647. The molecule has 1 heterocycles. The van der Waals surface area contributed by atoms with Crippen molar-refractivity contribution in [2.24, 2.45) is 0 Å². The van der Waals surface area contributed by atoms with Crippen molar-refractivity contribution in [3.8, 4) is 0 Å². The van der Waals surface area contributed by atoms with Crippen LogP contribution in [0.4, 0.5) is 0 Å². The number of nitrogens with zero attached hydrogens (tertiary/aromatic N) is 1. The molecule has 2 rings (SSSR count). The molecule has 0 amide bonds. The van der Waals surface area contributed by atoms with Gasteiger partial charge in [-0.3, -0.25) is 4.98 Å². The molecule has 2 aromatic rings. The van der Waals surface area contributed by atoms with Gasteiger partial charge in [0.15, 0.2) is 0 Å². The molecule has 118 valence electrons. The molecule has 0 aliphatic rings. The number of carbonyl (C=O) groups excluding carboxylic acids is 1. The maximum atomic E-state index is 11.7. The predicted molar refractivity (Wildman–Crippen MR) is 86.0 cm³/mol. The van der Waals surface area contributed by atoms with E-state index >= 15 is 0 Å². The summed E-state index contributed by atoms with van der Waals surface area (Å²) in [5.74, 6) is -1.83. The van der Waals surface area contributed by atoms with E-state index in [0.717, 1.165) is 5.56 Å². The summed E-state index contributed by atoms with van der Waals surface area (Å²) in [7, 11) is 0. The average molecular weight is 311 g/mol. The lowest BCUT2D eigenvalue weighted by Crippen LogP contribution is -2.14. The summed E-state index contributed by atoms with van der Waals surface area (Å²) in [6, 6.07) is 12.4. The number of ether oxygens (including phenoxy) is 1. The monoisotopic (exact) mass is 311 g/mol. The van der Waals surface area contributed by atoms with Crippen LogP contribution in [0.1, 0.15) is 34.5 Å². The van der Waals surface area contributed by atoms with E-state index in [0.29, 0.717) is 5.69 Å². The van der Waals surface area contributed by atoms with Crippen molar-refractivity contribution in [3.05, 3.63) is 71.6 Å². The zero-order valence-electron chi connectivity index (χ0n) is 12.7. The van der Waals surface area contributed by atoms with Gasteiger partial charge in [0.1, 0.15) is 0 Å². The molecular weight excluding hydrogens is 294 g/mol. The lowest BCUT2D eigenvalue weighted by molar-refractivity contribution is -0.138. The second kappa shape index (κ2) is 7.89. The van der Waals surface area contributed by atoms with Crippen LogP contribution in [0.5, 0.6) is 0 Å². The molecule has 0 bridgehead atoms. The van der Waals surface area contributed by atoms with Crippen molar-refractivity contribution in [3.63, 3.8) is 0 Å². The Balaban J connectivity index is 1.94. The highest BCUT2D eigenvalue weighted by Gasteiger charge is 2.17. The van der Waals surface area contributed by atoms with E-state index in [1.165, 1.54) is 18.3 Å². The van der Waals surface area contributed by atoms with E-state index in [9.17, 15) is 9.59 Å². The summed E-state index contributed by atoms with van der Waals surface area (Å²) in [5, 5.41) is 9.14. The fourth-order valence-electron chi connectivity index (χ4n) is 2.05. The van der Waals surface area contributed by atoms with Crippen LogP contribution < -0.4 is 0 Å². The number of pyridine rings is 1. The quantitative estimate of drug-likeness (QED) is 0.655. The molecule has 1 unspecified atom stereocenters. The van der Waals surface area contributed by atoms with Gasteiger partial charge in [-0.05, 0) is 23.8 Å². The topological polar surface area (TPSA) is 76.5 Å². The Morgan fingerprint density at radius 1 is 1.22 bits per heavy atom. The zero-order valence-corrected chi connectivity index (χ0v) is 12.7. The number of benzene rings is 1. The Morgan fingerprint density at radius 2 is 1.96 bits per heavy atom. The van der Waals surface area contributed by atoms with E-state index in [-0.39, 0.29) is 18.1 Å². The van der Waals surface area contributed by atoms with Gasteiger partial charge in [-0.1, -0.05) is 37.3 Å². The lowest BCUT2D eigenvalue weighted by atomic mass is 10.0. The summed E-state index contributed by atoms with van der Waals surface area (Å²) < 4.78 is 5.16. The van der Waals surface area contributed by atoms with Gasteiger partial charge in [0.2, 0.25) is 0 Å². The average Bonchev–Trinajstić information content (AvgIpc) is 2.58. The smallest absolute Gasteiger partial charge is 0.337 e. The second-order valence-electron chi connectivity index (χ2n) is 5.02. The highest BCUT2D eigenvalue weighted by atomic mass is 16.5. The number of hydrogen-bond acceptors (Lipinski definition) is 4. The molecule has 0 aliphatic heterocycles. The first-order valence-corrected chi connectivity index (χ1v) is 7.16. The Labute approximate surface area is 134 Å². The van der Waals surface area contributed by atoms with Crippen molar-refractivity contribution in [1.82, 2.24) is 4.98 Å². The van der Waals surface area contributed by atoms with Gasteiger partial charge in [0.05, 0.1) is 17.9 Å². The minimum atomic E-state index is -1.05. The fraction of sp³-hybridized carbons (Fsp3) is 0.167. The third-order valence-corrected chi connectivity index (χ3v) is 3.22. The number of carboxylic acids is 1. The number of esters is 1. The Bertz CT molecular complexity index is 710. The van der Waals surface area contributed by atoms with Crippen LogP contribution in [-0.4, -0.2) is 28.6 Å². The molecule has 0 saturated carbocycles. The Hall–Kier alpha value is -2.95. The van der Waals surface area contributed by atoms with Crippen LogP contribution in [0.3, 0.4) is 0 Å². The molecule has 1 aromatic heterocycles. The summed E-state index contributed by atoms with van der Waals surface area (Å²) in [6.07, 6.45) is 4.53. The fourth-order valence-corrected chi connectivity index (χ4v) is 2.05. The molecule has 0 aliphatic carbocycles. The molecule has 23 heavy (non-hydrogen) atoms. The molecule has 1 aromatic carbocycles. The van der Waals surface area contributed by atoms with E-state index in [2.05, 4.69) is 4.98 Å². The predicted octanol–water partition coefficient (Wildman–Crippen LogP) is 3.14. The van der Waals surface area contributed by atoms with Gasteiger partial charge in [-0.15, -0.1) is 0 Å². The summed E-state index contributed by atoms with van der Waals surface area (Å²) in [6.45, 7) is 1.83. The first-order chi connectivity index (χ1) is 11.1. The Kier molecular flexibility index (Phi) is 5.63. The maximum Gasteiger partial charge on any atom is 0.337 e. The highest BCUT2D eigenvalue weighted by molar-refractivity contribution is 5.89. The first kappa shape index (κ1) is 16.4. The number of aromatic carboxylic acids is 1. The van der Waals surface area contributed by atoms with E-state index in [1.807, 2.05) is 30.3 Å². The molecule has 5 heteroatoms. The van der Waals surface area contributed by atoms with Gasteiger partial charge >= 0.3 is 11.9 Å². The van der Waals surface area contributed by atoms with Gasteiger partial charge in [0, 0.05) is 18.2 Å². The largest absolute Gasteiger partial charge is 0.478 e. The van der Waals surface area contributed by atoms with Crippen molar-refractivity contribution < 1.29 is 19.4 Å². The molecule has 0 saturated heterocycles. The molecule has 1 atom stereocenters. The maximum absolute atomic E-state index is 11.7. The first-order valence-electron chi connectivity index (χ1n) is 7.16. The van der Waals surface area contributed by atoms with E-state index in [1.54, 1.807) is 19.1 Å². The number of aromatic nitrogens is 1. The number of rotatable bonds is 6. The highest BCUT2D eigenvalue weighted by Crippen LogP contribution is 2.17. The minimum Gasteiger partial charge on any atom is -0.478 e. The van der Waals surface area contributed by atoms with E-state index < -0.39 is 11.9 Å². The van der Waals surface area contributed by atoms with Crippen molar-refractivity contribution in [2.45, 2.75) is 12.8 Å². The van der Waals surface area contributed by atoms with Gasteiger partial charge < -0.3 is 9.84 Å². The van der Waals surface area contributed by atoms with Crippen LogP contribution >= 0.6 is 0 Å².